The van der Waals surface area contributed by atoms with Crippen LogP contribution >= 0.6 is 22.9 Å². The molecule has 120 valence electrons. The molecule has 2 amide bonds. The molecule has 0 saturated heterocycles. The first-order valence-electron chi connectivity index (χ1n) is 6.95. The summed E-state index contributed by atoms with van der Waals surface area (Å²) >= 11 is 7.11. The molecule has 0 saturated carbocycles. The number of hydrogen-bond donors (Lipinski definition) is 3. The number of nitrogens with one attached hydrogen (secondary N) is 2. The van der Waals surface area contributed by atoms with Gasteiger partial charge in [-0.2, -0.15) is 5.10 Å². The van der Waals surface area contributed by atoms with E-state index in [4.69, 9.17) is 11.6 Å². The zero-order chi connectivity index (χ0) is 16.1. The van der Waals surface area contributed by atoms with Crippen molar-refractivity contribution in [1.29, 1.82) is 0 Å². The van der Waals surface area contributed by atoms with E-state index in [1.54, 1.807) is 29.1 Å². The van der Waals surface area contributed by atoms with E-state index in [2.05, 4.69) is 29.6 Å². The summed E-state index contributed by atoms with van der Waals surface area (Å²) in [4.78, 5) is 12.6. The highest BCUT2D eigenvalue weighted by atomic mass is 35.5. The Hall–Kier alpha value is -1.57. The third kappa shape index (κ3) is 4.72. The second kappa shape index (κ2) is 7.62. The number of nitrogens with zero attached hydrogens (tertiary/aromatic N) is 2. The maximum absolute atomic E-state index is 11.9. The first-order valence-corrected chi connectivity index (χ1v) is 8.15. The molecule has 2 heterocycles. The van der Waals surface area contributed by atoms with E-state index in [1.165, 1.54) is 11.3 Å². The monoisotopic (exact) mass is 342 g/mol. The molecule has 0 aliphatic heterocycles. The number of hydrogen-bond acceptors (Lipinski definition) is 4. The summed E-state index contributed by atoms with van der Waals surface area (Å²) in [6.07, 6.45) is 0.865. The molecule has 0 fully saturated rings. The van der Waals surface area contributed by atoms with Gasteiger partial charge in [0.2, 0.25) is 0 Å². The van der Waals surface area contributed by atoms with Crippen LogP contribution in [0.4, 0.5) is 10.6 Å². The number of urea groups is 1. The molecule has 2 aromatic rings. The number of thiophene rings is 1. The van der Waals surface area contributed by atoms with E-state index in [-0.39, 0.29) is 12.6 Å². The Balaban J connectivity index is 1.84. The Kier molecular flexibility index (Phi) is 5.82. The maximum atomic E-state index is 11.9. The van der Waals surface area contributed by atoms with E-state index < -0.39 is 6.10 Å². The van der Waals surface area contributed by atoms with Crippen LogP contribution in [0, 0.1) is 5.92 Å². The van der Waals surface area contributed by atoms with Crippen LogP contribution in [0.3, 0.4) is 0 Å². The summed E-state index contributed by atoms with van der Waals surface area (Å²) in [7, 11) is 0. The van der Waals surface area contributed by atoms with Crippen molar-refractivity contribution in [2.45, 2.75) is 26.5 Å². The number of amides is 2. The van der Waals surface area contributed by atoms with Crippen LogP contribution in [0.5, 0.6) is 0 Å². The maximum Gasteiger partial charge on any atom is 0.320 e. The van der Waals surface area contributed by atoms with Crippen LogP contribution in [0.25, 0.3) is 0 Å². The average Bonchev–Trinajstić information content (AvgIpc) is 3.05. The van der Waals surface area contributed by atoms with E-state index >= 15 is 0 Å². The van der Waals surface area contributed by atoms with Crippen LogP contribution in [0.2, 0.25) is 4.34 Å². The summed E-state index contributed by atoms with van der Waals surface area (Å²) in [5.74, 6) is 1.05. The molecule has 3 N–H and O–H groups in total. The number of carbonyl (C=O) groups is 1. The minimum Gasteiger partial charge on any atom is -0.386 e. The lowest BCUT2D eigenvalue weighted by Gasteiger charge is -2.13. The minimum atomic E-state index is -0.774. The lowest BCUT2D eigenvalue weighted by atomic mass is 10.2. The lowest BCUT2D eigenvalue weighted by Crippen LogP contribution is -2.33. The van der Waals surface area contributed by atoms with Crippen molar-refractivity contribution in [1.82, 2.24) is 15.1 Å². The molecule has 0 aliphatic carbocycles. The number of carbonyl (C=O) groups excluding carboxylic acids is 1. The Morgan fingerprint density at radius 1 is 1.45 bits per heavy atom. The van der Waals surface area contributed by atoms with Crippen LogP contribution in [-0.2, 0) is 6.54 Å². The topological polar surface area (TPSA) is 79.2 Å². The minimum absolute atomic E-state index is 0.112. The smallest absolute Gasteiger partial charge is 0.320 e. The highest BCUT2D eigenvalue weighted by Crippen LogP contribution is 2.26. The fraction of sp³-hybridized carbons (Fsp3) is 0.429. The summed E-state index contributed by atoms with van der Waals surface area (Å²) in [6, 6.07) is 4.81. The van der Waals surface area contributed by atoms with Crippen molar-refractivity contribution in [3.63, 3.8) is 0 Å². The van der Waals surface area contributed by atoms with Crippen LogP contribution in [0.15, 0.2) is 24.4 Å². The summed E-state index contributed by atoms with van der Waals surface area (Å²) in [5.41, 5.74) is 0. The SMILES string of the molecule is CC(C)Cn1nccc1NC(=O)NCC(O)c1ccc(Cl)s1. The van der Waals surface area contributed by atoms with E-state index in [0.717, 1.165) is 11.4 Å². The quantitative estimate of drug-likeness (QED) is 0.754. The zero-order valence-corrected chi connectivity index (χ0v) is 14.0. The van der Waals surface area contributed by atoms with Gasteiger partial charge in [-0.05, 0) is 18.1 Å². The van der Waals surface area contributed by atoms with Gasteiger partial charge in [-0.25, -0.2) is 9.48 Å². The molecule has 0 spiro atoms. The van der Waals surface area contributed by atoms with Gasteiger partial charge in [-0.1, -0.05) is 25.4 Å². The van der Waals surface area contributed by atoms with Crippen LogP contribution < -0.4 is 10.6 Å². The predicted molar refractivity (Wildman–Crippen MR) is 88.4 cm³/mol. The van der Waals surface area contributed by atoms with Gasteiger partial charge >= 0.3 is 6.03 Å². The molecule has 0 aliphatic rings. The van der Waals surface area contributed by atoms with E-state index in [0.29, 0.717) is 16.1 Å². The highest BCUT2D eigenvalue weighted by Gasteiger charge is 2.13. The van der Waals surface area contributed by atoms with Gasteiger partial charge < -0.3 is 10.4 Å². The Bertz CT molecular complexity index is 626. The normalized spacial score (nSPS) is 12.4. The molecule has 2 aromatic heterocycles. The van der Waals surface area contributed by atoms with Gasteiger partial charge in [0.15, 0.2) is 0 Å². The van der Waals surface area contributed by atoms with Gasteiger partial charge in [0.1, 0.15) is 11.9 Å². The first kappa shape index (κ1) is 16.8. The fourth-order valence-corrected chi connectivity index (χ4v) is 2.94. The van der Waals surface area contributed by atoms with Gasteiger partial charge in [0.25, 0.3) is 0 Å². The van der Waals surface area contributed by atoms with Crippen molar-refractivity contribution in [3.8, 4) is 0 Å². The average molecular weight is 343 g/mol. The molecular weight excluding hydrogens is 324 g/mol. The van der Waals surface area contributed by atoms with E-state index in [9.17, 15) is 9.90 Å². The van der Waals surface area contributed by atoms with Crippen LogP contribution in [-0.4, -0.2) is 27.5 Å². The zero-order valence-electron chi connectivity index (χ0n) is 12.4. The molecule has 22 heavy (non-hydrogen) atoms. The Labute approximate surface area is 138 Å². The predicted octanol–water partition coefficient (Wildman–Crippen LogP) is 3.11. The van der Waals surface area contributed by atoms with Crippen molar-refractivity contribution in [2.75, 3.05) is 11.9 Å². The molecule has 2 rings (SSSR count). The molecule has 0 aromatic carbocycles. The first-order chi connectivity index (χ1) is 10.5. The molecule has 6 nitrogen and oxygen atoms in total. The van der Waals surface area contributed by atoms with Gasteiger partial charge in [0, 0.05) is 17.5 Å². The third-order valence-electron chi connectivity index (χ3n) is 2.87. The highest BCUT2D eigenvalue weighted by molar-refractivity contribution is 7.16. The third-order valence-corrected chi connectivity index (χ3v) is 4.21. The number of aromatic nitrogens is 2. The lowest BCUT2D eigenvalue weighted by molar-refractivity contribution is 0.178. The number of rotatable bonds is 6. The summed E-state index contributed by atoms with van der Waals surface area (Å²) in [6.45, 7) is 4.99. The molecule has 1 unspecified atom stereocenters. The second-order valence-electron chi connectivity index (χ2n) is 5.29. The van der Waals surface area contributed by atoms with Crippen molar-refractivity contribution in [2.24, 2.45) is 5.92 Å². The number of anilines is 1. The van der Waals surface area contributed by atoms with Gasteiger partial charge in [-0.3, -0.25) is 5.32 Å². The number of aliphatic hydroxyl groups is 1. The van der Waals surface area contributed by atoms with E-state index in [1.807, 2.05) is 0 Å². The van der Waals surface area contributed by atoms with Gasteiger partial charge in [0.05, 0.1) is 17.1 Å². The summed E-state index contributed by atoms with van der Waals surface area (Å²) < 4.78 is 2.34. The molecule has 8 heteroatoms. The molecule has 0 bridgehead atoms. The Morgan fingerprint density at radius 2 is 2.23 bits per heavy atom. The van der Waals surface area contributed by atoms with Crippen LogP contribution in [0.1, 0.15) is 24.8 Å². The van der Waals surface area contributed by atoms with Crippen molar-refractivity contribution in [3.05, 3.63) is 33.6 Å². The standard InChI is InChI=1S/C14H19ClN4O2S/c1-9(2)8-19-13(5-6-17-19)18-14(21)16-7-10(20)11-3-4-12(15)22-11/h3-6,9-10,20H,7-8H2,1-2H3,(H2,16,18,21). The van der Waals surface area contributed by atoms with Crippen molar-refractivity contribution >= 4 is 34.8 Å². The second-order valence-corrected chi connectivity index (χ2v) is 7.03. The largest absolute Gasteiger partial charge is 0.386 e. The molecule has 1 atom stereocenters. The molecular formula is C14H19ClN4O2S. The van der Waals surface area contributed by atoms with Crippen molar-refractivity contribution < 1.29 is 9.90 Å². The number of aliphatic hydroxyl groups excluding tert-OH is 1. The summed E-state index contributed by atoms with van der Waals surface area (Å²) in [5, 5.41) is 19.5. The number of halogens is 1. The molecule has 0 radical (unpaired) electrons. The Morgan fingerprint density at radius 3 is 2.86 bits per heavy atom. The van der Waals surface area contributed by atoms with Gasteiger partial charge in [-0.15, -0.1) is 11.3 Å². The fourth-order valence-electron chi connectivity index (χ4n) is 1.89.